The average molecular weight is 668 g/mol. The molecule has 0 fully saturated rings. The van der Waals surface area contributed by atoms with Gasteiger partial charge in [-0.1, -0.05) is 113 Å². The van der Waals surface area contributed by atoms with E-state index >= 15 is 0 Å². The van der Waals surface area contributed by atoms with Crippen molar-refractivity contribution in [1.82, 2.24) is 5.32 Å². The fraction of sp³-hybridized carbons (Fsp3) is 0.667. The van der Waals surface area contributed by atoms with Crippen molar-refractivity contribution in [3.8, 4) is 0 Å². The summed E-state index contributed by atoms with van der Waals surface area (Å²) in [5, 5.41) is 12.5. The maximum absolute atomic E-state index is 11.9. The van der Waals surface area contributed by atoms with Crippen molar-refractivity contribution in [2.24, 2.45) is 0 Å². The Bertz CT molecular complexity index is 944. The van der Waals surface area contributed by atoms with E-state index in [1.165, 1.54) is 19.3 Å². The van der Waals surface area contributed by atoms with E-state index in [9.17, 15) is 24.2 Å². The van der Waals surface area contributed by atoms with E-state index in [4.69, 9.17) is 13.8 Å². The molecule has 0 rings (SSSR count). The number of amides is 1. The highest BCUT2D eigenvalue weighted by molar-refractivity contribution is 7.47. The Morgan fingerprint density at radius 2 is 1.24 bits per heavy atom. The highest BCUT2D eigenvalue weighted by Gasteiger charge is 2.23. The minimum Gasteiger partial charge on any atom is -0.463 e. The lowest BCUT2D eigenvalue weighted by atomic mass is 10.1. The second-order valence-electron chi connectivity index (χ2n) is 11.1. The molecule has 0 aromatic heterocycles. The number of esters is 1. The normalized spacial score (nSPS) is 14.3. The first-order chi connectivity index (χ1) is 22.3. The van der Waals surface area contributed by atoms with Gasteiger partial charge in [0.2, 0.25) is 5.91 Å². The standard InChI is InChI=1S/C36H62NO8P/c1-3-5-7-8-9-10-11-12-13-14-15-16-17-18-19-20-21-22-23-24-25-26-27-29-36(40)43-32-34(38)33-45-46(41,42)44-31-30-37-35(39)28-6-4-2/h5,7,9-10,12-13,15-16,18-19,34,38H,3-4,6,8,11,14,17,20-33H2,1-2H3,(H,37,39)(H,41,42)/b7-5-,10-9-,13-12-,16-15-,19-18-. The van der Waals surface area contributed by atoms with Crippen LogP contribution in [0, 0.1) is 0 Å². The Morgan fingerprint density at radius 1 is 0.696 bits per heavy atom. The fourth-order valence-corrected chi connectivity index (χ4v) is 4.85. The number of hydrogen-bond acceptors (Lipinski definition) is 7. The topological polar surface area (TPSA) is 131 Å². The summed E-state index contributed by atoms with van der Waals surface area (Å²) in [7, 11) is -4.39. The summed E-state index contributed by atoms with van der Waals surface area (Å²) < 4.78 is 26.4. The smallest absolute Gasteiger partial charge is 0.463 e. The molecule has 0 aliphatic heterocycles. The maximum Gasteiger partial charge on any atom is 0.472 e. The van der Waals surface area contributed by atoms with Crippen molar-refractivity contribution in [2.75, 3.05) is 26.4 Å². The van der Waals surface area contributed by atoms with Crippen LogP contribution in [-0.2, 0) is 27.9 Å². The summed E-state index contributed by atoms with van der Waals surface area (Å²) in [5.41, 5.74) is 0. The molecule has 46 heavy (non-hydrogen) atoms. The molecule has 0 aromatic carbocycles. The molecule has 0 saturated carbocycles. The molecule has 1 amide bonds. The van der Waals surface area contributed by atoms with Gasteiger partial charge >= 0.3 is 13.8 Å². The van der Waals surface area contributed by atoms with Crippen molar-refractivity contribution >= 4 is 19.7 Å². The molecule has 0 aliphatic rings. The lowest BCUT2D eigenvalue weighted by molar-refractivity contribution is -0.147. The molecule has 10 heteroatoms. The summed E-state index contributed by atoms with van der Waals surface area (Å²) in [4.78, 5) is 33.1. The molecule has 2 unspecified atom stereocenters. The molecule has 0 saturated heterocycles. The fourth-order valence-electron chi connectivity index (χ4n) is 4.09. The number of unbranched alkanes of at least 4 members (excludes halogenated alkanes) is 8. The van der Waals surface area contributed by atoms with Gasteiger partial charge < -0.3 is 20.1 Å². The molecule has 0 heterocycles. The van der Waals surface area contributed by atoms with E-state index in [-0.39, 0.29) is 32.1 Å². The van der Waals surface area contributed by atoms with E-state index in [1.54, 1.807) is 0 Å². The minimum atomic E-state index is -4.39. The van der Waals surface area contributed by atoms with Crippen molar-refractivity contribution in [3.63, 3.8) is 0 Å². The third kappa shape index (κ3) is 33.1. The number of hydrogen-bond donors (Lipinski definition) is 3. The Kier molecular flexibility index (Phi) is 31.0. The predicted molar refractivity (Wildman–Crippen MR) is 187 cm³/mol. The van der Waals surface area contributed by atoms with Crippen molar-refractivity contribution in [3.05, 3.63) is 60.8 Å². The average Bonchev–Trinajstić information content (AvgIpc) is 3.04. The summed E-state index contributed by atoms with van der Waals surface area (Å²) >= 11 is 0. The lowest BCUT2D eigenvalue weighted by Crippen LogP contribution is -2.27. The number of aliphatic hydroxyl groups is 1. The van der Waals surface area contributed by atoms with Crippen LogP contribution in [0.3, 0.4) is 0 Å². The largest absolute Gasteiger partial charge is 0.472 e. The molecule has 3 N–H and O–H groups in total. The van der Waals surface area contributed by atoms with E-state index in [2.05, 4.69) is 73.0 Å². The molecule has 9 nitrogen and oxygen atoms in total. The van der Waals surface area contributed by atoms with Crippen LogP contribution in [0.15, 0.2) is 60.8 Å². The molecule has 2 atom stereocenters. The van der Waals surface area contributed by atoms with Gasteiger partial charge in [-0.05, 0) is 57.8 Å². The lowest BCUT2D eigenvalue weighted by Gasteiger charge is -2.15. The number of phosphoric ester groups is 1. The van der Waals surface area contributed by atoms with Gasteiger partial charge in [0.25, 0.3) is 0 Å². The quantitative estimate of drug-likeness (QED) is 0.0290. The third-order valence-corrected chi connectivity index (χ3v) is 7.70. The number of ether oxygens (including phenoxy) is 1. The number of nitrogens with one attached hydrogen (secondary N) is 1. The van der Waals surface area contributed by atoms with Gasteiger partial charge in [-0.2, -0.15) is 0 Å². The first-order valence-corrected chi connectivity index (χ1v) is 18.8. The first kappa shape index (κ1) is 43.7. The molecule has 0 radical (unpaired) electrons. The second-order valence-corrected chi connectivity index (χ2v) is 12.6. The van der Waals surface area contributed by atoms with Gasteiger partial charge in [0, 0.05) is 19.4 Å². The number of rotatable bonds is 31. The zero-order chi connectivity index (χ0) is 34.0. The van der Waals surface area contributed by atoms with Crippen LogP contribution < -0.4 is 5.32 Å². The van der Waals surface area contributed by atoms with Crippen molar-refractivity contribution in [2.45, 2.75) is 129 Å². The highest BCUT2D eigenvalue weighted by atomic mass is 31.2. The summed E-state index contributed by atoms with van der Waals surface area (Å²) in [6.07, 6.45) is 36.9. The van der Waals surface area contributed by atoms with E-state index in [0.717, 1.165) is 77.0 Å². The molecular formula is C36H62NO8P. The number of phosphoric acid groups is 1. The number of carbonyl (C=O) groups excluding carboxylic acids is 2. The second kappa shape index (κ2) is 32.6. The Morgan fingerprint density at radius 3 is 1.83 bits per heavy atom. The predicted octanol–water partition coefficient (Wildman–Crippen LogP) is 8.59. The van der Waals surface area contributed by atoms with Gasteiger partial charge in [0.15, 0.2) is 0 Å². The number of carbonyl (C=O) groups is 2. The van der Waals surface area contributed by atoms with Crippen molar-refractivity contribution < 1.29 is 37.9 Å². The van der Waals surface area contributed by atoms with Gasteiger partial charge in [0.1, 0.15) is 12.7 Å². The number of aliphatic hydroxyl groups excluding tert-OH is 1. The molecular weight excluding hydrogens is 605 g/mol. The van der Waals surface area contributed by atoms with Crippen molar-refractivity contribution in [1.29, 1.82) is 0 Å². The van der Waals surface area contributed by atoms with E-state index in [0.29, 0.717) is 6.42 Å². The highest BCUT2D eigenvalue weighted by Crippen LogP contribution is 2.42. The molecule has 0 aliphatic carbocycles. The van der Waals surface area contributed by atoms with Crippen LogP contribution in [-0.4, -0.2) is 54.3 Å². The van der Waals surface area contributed by atoms with Crippen LogP contribution in [0.1, 0.15) is 123 Å². The van der Waals surface area contributed by atoms with Crippen LogP contribution in [0.4, 0.5) is 0 Å². The Balaban J connectivity index is 3.61. The molecule has 0 aromatic rings. The van der Waals surface area contributed by atoms with Gasteiger partial charge in [-0.15, -0.1) is 0 Å². The Hall–Kier alpha value is -2.29. The van der Waals surface area contributed by atoms with Crippen LogP contribution in [0.5, 0.6) is 0 Å². The zero-order valence-electron chi connectivity index (χ0n) is 28.5. The zero-order valence-corrected chi connectivity index (χ0v) is 29.4. The first-order valence-electron chi connectivity index (χ1n) is 17.3. The van der Waals surface area contributed by atoms with Crippen LogP contribution in [0.25, 0.3) is 0 Å². The van der Waals surface area contributed by atoms with Gasteiger partial charge in [-0.3, -0.25) is 18.6 Å². The van der Waals surface area contributed by atoms with Crippen LogP contribution >= 0.6 is 7.82 Å². The van der Waals surface area contributed by atoms with Gasteiger partial charge in [0.05, 0.1) is 13.2 Å². The Labute approximate surface area is 278 Å². The minimum absolute atomic E-state index is 0.0719. The van der Waals surface area contributed by atoms with E-state index < -0.39 is 26.5 Å². The monoisotopic (exact) mass is 667 g/mol. The molecule has 264 valence electrons. The number of allylic oxidation sites excluding steroid dienone is 10. The van der Waals surface area contributed by atoms with Crippen LogP contribution in [0.2, 0.25) is 0 Å². The van der Waals surface area contributed by atoms with Gasteiger partial charge in [-0.25, -0.2) is 4.57 Å². The summed E-state index contributed by atoms with van der Waals surface area (Å²) in [5.74, 6) is -0.571. The van der Waals surface area contributed by atoms with E-state index in [1.807, 2.05) is 6.92 Å². The molecule has 0 bridgehead atoms. The SMILES string of the molecule is CC/C=C\C/C=C\C/C=C\C/C=C\C/C=C\CCCCCCCCCC(=O)OCC(O)COP(=O)(O)OCCNC(=O)CCCC. The summed E-state index contributed by atoms with van der Waals surface area (Å²) in [6, 6.07) is 0. The maximum atomic E-state index is 11.9. The summed E-state index contributed by atoms with van der Waals surface area (Å²) in [6.45, 7) is 3.14. The third-order valence-electron chi connectivity index (χ3n) is 6.71. The molecule has 0 spiro atoms.